The molecule has 0 saturated heterocycles. The molecule has 0 bridgehead atoms. The third kappa shape index (κ3) is 2.30. The molecule has 0 unspecified atom stereocenters. The lowest BCUT2D eigenvalue weighted by molar-refractivity contribution is -0.115. The zero-order valence-electron chi connectivity index (χ0n) is 12.1. The second-order valence-corrected chi connectivity index (χ2v) is 5.62. The molecule has 1 aromatic carbocycles. The summed E-state index contributed by atoms with van der Waals surface area (Å²) in [4.78, 5) is 16.3. The molecule has 4 heteroatoms. The molecule has 0 spiro atoms. The molecule has 0 aliphatic heterocycles. The Morgan fingerprint density at radius 2 is 2.15 bits per heavy atom. The summed E-state index contributed by atoms with van der Waals surface area (Å²) in [6.45, 7) is 1.85. The molecule has 1 aliphatic rings. The summed E-state index contributed by atoms with van der Waals surface area (Å²) in [5, 5.41) is 2.89. The molecule has 1 aliphatic carbocycles. The molecule has 1 aromatic heterocycles. The van der Waals surface area contributed by atoms with Crippen LogP contribution < -0.4 is 5.32 Å². The summed E-state index contributed by atoms with van der Waals surface area (Å²) < 4.78 is 2.21. The van der Waals surface area contributed by atoms with Gasteiger partial charge in [0.15, 0.2) is 0 Å². The molecular weight excluding hydrogens is 250 g/mol. The van der Waals surface area contributed by atoms with Gasteiger partial charge in [-0.05, 0) is 31.0 Å². The smallest absolute Gasteiger partial charge is 0.224 e. The highest BCUT2D eigenvalue weighted by atomic mass is 16.1. The Bertz CT molecular complexity index is 638. The highest BCUT2D eigenvalue weighted by Gasteiger charge is 2.22. The topological polar surface area (TPSA) is 46.9 Å². The van der Waals surface area contributed by atoms with E-state index < -0.39 is 0 Å². The first-order valence-corrected chi connectivity index (χ1v) is 7.45. The molecule has 1 saturated carbocycles. The van der Waals surface area contributed by atoms with E-state index in [-0.39, 0.29) is 5.91 Å². The SMILES string of the molecule is CCC(=O)Nc1ccc2c(c1)nc(C1CCCC1)n2C. The van der Waals surface area contributed by atoms with E-state index in [1.54, 1.807) is 0 Å². The van der Waals surface area contributed by atoms with Gasteiger partial charge in [0.05, 0.1) is 11.0 Å². The minimum absolute atomic E-state index is 0.0382. The van der Waals surface area contributed by atoms with Crippen LogP contribution in [0.15, 0.2) is 18.2 Å². The molecule has 4 nitrogen and oxygen atoms in total. The second-order valence-electron chi connectivity index (χ2n) is 5.62. The van der Waals surface area contributed by atoms with Crippen LogP contribution in [-0.4, -0.2) is 15.5 Å². The van der Waals surface area contributed by atoms with Crippen LogP contribution in [0.5, 0.6) is 0 Å². The largest absolute Gasteiger partial charge is 0.331 e. The first kappa shape index (κ1) is 13.2. The number of amides is 1. The average Bonchev–Trinajstić information content (AvgIpc) is 3.07. The van der Waals surface area contributed by atoms with Gasteiger partial charge < -0.3 is 9.88 Å². The van der Waals surface area contributed by atoms with Crippen molar-refractivity contribution in [3.8, 4) is 0 Å². The fraction of sp³-hybridized carbons (Fsp3) is 0.500. The zero-order chi connectivity index (χ0) is 14.1. The van der Waals surface area contributed by atoms with Crippen molar-refractivity contribution in [3.63, 3.8) is 0 Å². The number of hydrogen-bond donors (Lipinski definition) is 1. The van der Waals surface area contributed by atoms with Crippen molar-refractivity contribution in [2.24, 2.45) is 7.05 Å². The lowest BCUT2D eigenvalue weighted by atomic mass is 10.1. The molecule has 2 aromatic rings. The van der Waals surface area contributed by atoms with Crippen molar-refractivity contribution in [1.29, 1.82) is 0 Å². The Labute approximate surface area is 119 Å². The first-order chi connectivity index (χ1) is 9.69. The van der Waals surface area contributed by atoms with E-state index in [1.165, 1.54) is 31.5 Å². The van der Waals surface area contributed by atoms with Gasteiger partial charge in [0.2, 0.25) is 5.91 Å². The number of hydrogen-bond acceptors (Lipinski definition) is 2. The lowest BCUT2D eigenvalue weighted by Crippen LogP contribution is -2.09. The normalized spacial score (nSPS) is 15.9. The molecule has 1 amide bonds. The van der Waals surface area contributed by atoms with Gasteiger partial charge in [-0.15, -0.1) is 0 Å². The maximum absolute atomic E-state index is 11.5. The Balaban J connectivity index is 1.96. The maximum Gasteiger partial charge on any atom is 0.224 e. The predicted molar refractivity (Wildman–Crippen MR) is 80.8 cm³/mol. The third-order valence-electron chi connectivity index (χ3n) is 4.24. The maximum atomic E-state index is 11.5. The number of benzene rings is 1. The minimum atomic E-state index is 0.0382. The number of imidazole rings is 1. The van der Waals surface area contributed by atoms with Gasteiger partial charge in [0.1, 0.15) is 5.82 Å². The highest BCUT2D eigenvalue weighted by molar-refractivity contribution is 5.92. The lowest BCUT2D eigenvalue weighted by Gasteiger charge is -2.08. The number of carbonyl (C=O) groups excluding carboxylic acids is 1. The molecule has 3 rings (SSSR count). The number of anilines is 1. The second kappa shape index (κ2) is 5.27. The number of rotatable bonds is 3. The number of nitrogens with one attached hydrogen (secondary N) is 1. The van der Waals surface area contributed by atoms with Crippen molar-refractivity contribution in [2.75, 3.05) is 5.32 Å². The number of carbonyl (C=O) groups is 1. The molecule has 1 heterocycles. The van der Waals surface area contributed by atoms with Gasteiger partial charge in [-0.1, -0.05) is 19.8 Å². The molecule has 0 atom stereocenters. The molecule has 1 N–H and O–H groups in total. The van der Waals surface area contributed by atoms with Crippen LogP contribution in [0, 0.1) is 0 Å². The Morgan fingerprint density at radius 3 is 2.85 bits per heavy atom. The zero-order valence-corrected chi connectivity index (χ0v) is 12.1. The van der Waals surface area contributed by atoms with Crippen LogP contribution in [0.25, 0.3) is 11.0 Å². The standard InChI is InChI=1S/C16H21N3O/c1-3-15(20)17-12-8-9-14-13(10-12)18-16(19(14)2)11-6-4-5-7-11/h8-11H,3-7H2,1-2H3,(H,17,20). The number of fused-ring (bicyclic) bond motifs is 1. The Kier molecular flexibility index (Phi) is 3.47. The van der Waals surface area contributed by atoms with E-state index in [4.69, 9.17) is 4.98 Å². The predicted octanol–water partition coefficient (Wildman–Crippen LogP) is 3.58. The summed E-state index contributed by atoms with van der Waals surface area (Å²) in [7, 11) is 2.09. The van der Waals surface area contributed by atoms with Gasteiger partial charge in [0, 0.05) is 25.1 Å². The van der Waals surface area contributed by atoms with Crippen molar-refractivity contribution in [1.82, 2.24) is 9.55 Å². The van der Waals surface area contributed by atoms with Crippen LogP contribution >= 0.6 is 0 Å². The molecule has 106 valence electrons. The first-order valence-electron chi connectivity index (χ1n) is 7.45. The van der Waals surface area contributed by atoms with E-state index in [0.717, 1.165) is 16.7 Å². The van der Waals surface area contributed by atoms with Gasteiger partial charge >= 0.3 is 0 Å². The Hall–Kier alpha value is -1.84. The van der Waals surface area contributed by atoms with E-state index in [2.05, 4.69) is 16.9 Å². The summed E-state index contributed by atoms with van der Waals surface area (Å²) in [5.41, 5.74) is 2.95. The fourth-order valence-electron chi connectivity index (χ4n) is 3.09. The van der Waals surface area contributed by atoms with Gasteiger partial charge in [-0.25, -0.2) is 4.98 Å². The number of nitrogens with zero attached hydrogens (tertiary/aromatic N) is 2. The number of aryl methyl sites for hydroxylation is 1. The van der Waals surface area contributed by atoms with Gasteiger partial charge in [-0.3, -0.25) is 4.79 Å². The van der Waals surface area contributed by atoms with Crippen molar-refractivity contribution < 1.29 is 4.79 Å². The third-order valence-corrected chi connectivity index (χ3v) is 4.24. The average molecular weight is 271 g/mol. The van der Waals surface area contributed by atoms with Crippen LogP contribution in [0.4, 0.5) is 5.69 Å². The Morgan fingerprint density at radius 1 is 1.40 bits per heavy atom. The van der Waals surface area contributed by atoms with Crippen molar-refractivity contribution in [2.45, 2.75) is 44.9 Å². The summed E-state index contributed by atoms with van der Waals surface area (Å²) in [6.07, 6.45) is 5.61. The molecule has 0 radical (unpaired) electrons. The monoisotopic (exact) mass is 271 g/mol. The van der Waals surface area contributed by atoms with E-state index in [1.807, 2.05) is 25.1 Å². The molecule has 20 heavy (non-hydrogen) atoms. The van der Waals surface area contributed by atoms with E-state index >= 15 is 0 Å². The summed E-state index contributed by atoms with van der Waals surface area (Å²) in [6, 6.07) is 5.98. The molecular formula is C16H21N3O. The number of aromatic nitrogens is 2. The van der Waals surface area contributed by atoms with Crippen LogP contribution in [-0.2, 0) is 11.8 Å². The summed E-state index contributed by atoms with van der Waals surface area (Å²) in [5.74, 6) is 1.83. The summed E-state index contributed by atoms with van der Waals surface area (Å²) >= 11 is 0. The van der Waals surface area contributed by atoms with Gasteiger partial charge in [0.25, 0.3) is 0 Å². The van der Waals surface area contributed by atoms with Crippen molar-refractivity contribution in [3.05, 3.63) is 24.0 Å². The van der Waals surface area contributed by atoms with Gasteiger partial charge in [-0.2, -0.15) is 0 Å². The van der Waals surface area contributed by atoms with E-state index in [9.17, 15) is 4.79 Å². The van der Waals surface area contributed by atoms with Crippen LogP contribution in [0.3, 0.4) is 0 Å². The van der Waals surface area contributed by atoms with Crippen LogP contribution in [0.2, 0.25) is 0 Å². The fourth-order valence-corrected chi connectivity index (χ4v) is 3.09. The molecule has 1 fully saturated rings. The highest BCUT2D eigenvalue weighted by Crippen LogP contribution is 2.35. The van der Waals surface area contributed by atoms with Crippen molar-refractivity contribution >= 4 is 22.6 Å². The van der Waals surface area contributed by atoms with Crippen LogP contribution in [0.1, 0.15) is 50.8 Å². The minimum Gasteiger partial charge on any atom is -0.331 e. The quantitative estimate of drug-likeness (QED) is 0.927. The van der Waals surface area contributed by atoms with E-state index in [0.29, 0.717) is 12.3 Å².